The molecular formula is C11H17N5O3S. The average Bonchev–Trinajstić information content (AvgIpc) is 3.18. The Morgan fingerprint density at radius 3 is 2.65 bits per heavy atom. The number of sulfonamides is 1. The van der Waals surface area contributed by atoms with Crippen LogP contribution in [0.3, 0.4) is 0 Å². The normalized spacial score (nSPS) is 20.8. The summed E-state index contributed by atoms with van der Waals surface area (Å²) in [5.74, 6) is -0.697. The van der Waals surface area contributed by atoms with Gasteiger partial charge in [-0.3, -0.25) is 4.79 Å². The monoisotopic (exact) mass is 299 g/mol. The first kappa shape index (κ1) is 13.5. The lowest BCUT2D eigenvalue weighted by Gasteiger charge is -2.22. The predicted molar refractivity (Wildman–Crippen MR) is 70.6 cm³/mol. The molecule has 1 aliphatic heterocycles. The molecule has 2 fully saturated rings. The lowest BCUT2D eigenvalue weighted by atomic mass is 10.1. The van der Waals surface area contributed by atoms with E-state index in [1.165, 1.54) is 6.20 Å². The van der Waals surface area contributed by atoms with Crippen LogP contribution >= 0.6 is 0 Å². The Kier molecular flexibility index (Phi) is 3.47. The van der Waals surface area contributed by atoms with Crippen molar-refractivity contribution >= 4 is 15.9 Å². The third-order valence-corrected chi connectivity index (χ3v) is 5.44. The van der Waals surface area contributed by atoms with Crippen molar-refractivity contribution in [1.82, 2.24) is 25.0 Å². The van der Waals surface area contributed by atoms with E-state index in [1.54, 1.807) is 4.68 Å². The molecule has 110 valence electrons. The summed E-state index contributed by atoms with van der Waals surface area (Å²) in [5.41, 5.74) is 0.0488. The zero-order valence-electron chi connectivity index (χ0n) is 10.9. The maximum atomic E-state index is 11.9. The molecule has 2 heterocycles. The molecule has 1 saturated carbocycles. The standard InChI is InChI=1S/C11H17N5O3S/c17-11(14-20(18,19)9-1-2-9)10-7-16(15-13-10)8-3-5-12-6-4-8/h7-9,12H,1-6H2,(H,14,17). The van der Waals surface area contributed by atoms with Crippen LogP contribution in [-0.2, 0) is 10.0 Å². The number of carbonyl (C=O) groups excluding carboxylic acids is 1. The van der Waals surface area contributed by atoms with Crippen LogP contribution in [0.1, 0.15) is 42.2 Å². The molecule has 20 heavy (non-hydrogen) atoms. The molecule has 2 aliphatic rings. The Morgan fingerprint density at radius 2 is 2.00 bits per heavy atom. The van der Waals surface area contributed by atoms with E-state index in [0.29, 0.717) is 12.8 Å². The first-order chi connectivity index (χ1) is 9.56. The van der Waals surface area contributed by atoms with Crippen molar-refractivity contribution in [2.45, 2.75) is 37.0 Å². The molecule has 0 spiro atoms. The van der Waals surface area contributed by atoms with Crippen molar-refractivity contribution in [3.63, 3.8) is 0 Å². The van der Waals surface area contributed by atoms with Crippen LogP contribution < -0.4 is 10.0 Å². The predicted octanol–water partition coefficient (Wildman–Crippen LogP) is -0.575. The van der Waals surface area contributed by atoms with Crippen molar-refractivity contribution in [2.24, 2.45) is 0 Å². The summed E-state index contributed by atoms with van der Waals surface area (Å²) < 4.78 is 27.1. The summed E-state index contributed by atoms with van der Waals surface area (Å²) in [5, 5.41) is 10.5. The van der Waals surface area contributed by atoms with Crippen LogP contribution in [-0.4, -0.2) is 47.7 Å². The quantitative estimate of drug-likeness (QED) is 0.771. The van der Waals surface area contributed by atoms with Gasteiger partial charge < -0.3 is 5.32 Å². The van der Waals surface area contributed by atoms with E-state index >= 15 is 0 Å². The molecule has 1 aliphatic carbocycles. The van der Waals surface area contributed by atoms with E-state index in [4.69, 9.17) is 0 Å². The number of rotatable bonds is 4. The maximum Gasteiger partial charge on any atom is 0.286 e. The summed E-state index contributed by atoms with van der Waals surface area (Å²) in [6.45, 7) is 1.81. The van der Waals surface area contributed by atoms with Gasteiger partial charge in [0.05, 0.1) is 17.5 Å². The second-order valence-electron chi connectivity index (χ2n) is 5.24. The molecule has 0 bridgehead atoms. The van der Waals surface area contributed by atoms with Crippen molar-refractivity contribution in [3.05, 3.63) is 11.9 Å². The second kappa shape index (κ2) is 5.13. The van der Waals surface area contributed by atoms with Gasteiger partial charge in [0.2, 0.25) is 10.0 Å². The van der Waals surface area contributed by atoms with Crippen molar-refractivity contribution < 1.29 is 13.2 Å². The highest BCUT2D eigenvalue weighted by molar-refractivity contribution is 7.91. The SMILES string of the molecule is O=C(NS(=O)(=O)C1CC1)c1cn(C2CCNCC2)nn1. The van der Waals surface area contributed by atoms with Crippen LogP contribution in [0.2, 0.25) is 0 Å². The number of nitrogens with one attached hydrogen (secondary N) is 2. The van der Waals surface area contributed by atoms with Gasteiger partial charge in [-0.1, -0.05) is 5.21 Å². The largest absolute Gasteiger partial charge is 0.317 e. The fourth-order valence-electron chi connectivity index (χ4n) is 2.27. The molecule has 0 atom stereocenters. The molecular weight excluding hydrogens is 282 g/mol. The second-order valence-corrected chi connectivity index (χ2v) is 7.20. The molecule has 3 rings (SSSR count). The fourth-order valence-corrected chi connectivity index (χ4v) is 3.56. The van der Waals surface area contributed by atoms with Crippen molar-refractivity contribution in [3.8, 4) is 0 Å². The Morgan fingerprint density at radius 1 is 1.30 bits per heavy atom. The van der Waals surface area contributed by atoms with Crippen LogP contribution in [0.15, 0.2) is 6.20 Å². The molecule has 8 nitrogen and oxygen atoms in total. The highest BCUT2D eigenvalue weighted by Crippen LogP contribution is 2.27. The zero-order valence-corrected chi connectivity index (χ0v) is 11.8. The fraction of sp³-hybridized carbons (Fsp3) is 0.727. The first-order valence-electron chi connectivity index (χ1n) is 6.75. The summed E-state index contributed by atoms with van der Waals surface area (Å²) in [6, 6.07) is 0.213. The minimum atomic E-state index is -3.54. The highest BCUT2D eigenvalue weighted by atomic mass is 32.2. The van der Waals surface area contributed by atoms with E-state index in [-0.39, 0.29) is 11.7 Å². The van der Waals surface area contributed by atoms with E-state index < -0.39 is 21.2 Å². The Balaban J connectivity index is 1.68. The number of piperidine rings is 1. The number of aromatic nitrogens is 3. The van der Waals surface area contributed by atoms with Gasteiger partial charge in [0.25, 0.3) is 5.91 Å². The molecule has 1 saturated heterocycles. The molecule has 2 N–H and O–H groups in total. The van der Waals surface area contributed by atoms with Gasteiger partial charge in [0.15, 0.2) is 5.69 Å². The molecule has 1 aromatic rings. The molecule has 0 aromatic carbocycles. The van der Waals surface area contributed by atoms with Gasteiger partial charge in [-0.15, -0.1) is 5.10 Å². The smallest absolute Gasteiger partial charge is 0.286 e. The zero-order chi connectivity index (χ0) is 14.2. The number of amides is 1. The average molecular weight is 299 g/mol. The molecule has 1 aromatic heterocycles. The Hall–Kier alpha value is -1.48. The van der Waals surface area contributed by atoms with Gasteiger partial charge in [-0.25, -0.2) is 17.8 Å². The summed E-state index contributed by atoms with van der Waals surface area (Å²) >= 11 is 0. The lowest BCUT2D eigenvalue weighted by Crippen LogP contribution is -2.33. The van der Waals surface area contributed by atoms with E-state index in [0.717, 1.165) is 25.9 Å². The minimum Gasteiger partial charge on any atom is -0.317 e. The van der Waals surface area contributed by atoms with E-state index in [1.807, 2.05) is 0 Å². The number of carbonyl (C=O) groups is 1. The number of hydrogen-bond donors (Lipinski definition) is 2. The molecule has 0 radical (unpaired) electrons. The summed E-state index contributed by atoms with van der Waals surface area (Å²) in [4.78, 5) is 11.9. The van der Waals surface area contributed by atoms with Gasteiger partial charge in [0, 0.05) is 0 Å². The van der Waals surface area contributed by atoms with Crippen LogP contribution in [0.5, 0.6) is 0 Å². The van der Waals surface area contributed by atoms with Crippen molar-refractivity contribution in [2.75, 3.05) is 13.1 Å². The van der Waals surface area contributed by atoms with E-state index in [2.05, 4.69) is 20.4 Å². The summed E-state index contributed by atoms with van der Waals surface area (Å²) in [6.07, 6.45) is 4.60. The Bertz CT molecular complexity index is 601. The van der Waals surface area contributed by atoms with Gasteiger partial charge in [-0.2, -0.15) is 0 Å². The molecule has 0 unspecified atom stereocenters. The third-order valence-electron chi connectivity index (χ3n) is 3.62. The molecule has 1 amide bonds. The lowest BCUT2D eigenvalue weighted by molar-refractivity contribution is 0.0976. The maximum absolute atomic E-state index is 11.9. The van der Waals surface area contributed by atoms with Gasteiger partial charge >= 0.3 is 0 Å². The van der Waals surface area contributed by atoms with Crippen LogP contribution in [0.25, 0.3) is 0 Å². The summed E-state index contributed by atoms with van der Waals surface area (Å²) in [7, 11) is -3.54. The van der Waals surface area contributed by atoms with Crippen molar-refractivity contribution in [1.29, 1.82) is 0 Å². The number of nitrogens with zero attached hydrogens (tertiary/aromatic N) is 3. The third kappa shape index (κ3) is 2.83. The topological polar surface area (TPSA) is 106 Å². The Labute approximate surface area is 117 Å². The highest BCUT2D eigenvalue weighted by Gasteiger charge is 2.37. The number of hydrogen-bond acceptors (Lipinski definition) is 6. The van der Waals surface area contributed by atoms with Gasteiger partial charge in [0.1, 0.15) is 0 Å². The molecule has 9 heteroatoms. The van der Waals surface area contributed by atoms with Gasteiger partial charge in [-0.05, 0) is 38.8 Å². The minimum absolute atomic E-state index is 0.0488. The van der Waals surface area contributed by atoms with Crippen LogP contribution in [0.4, 0.5) is 0 Å². The first-order valence-corrected chi connectivity index (χ1v) is 8.29. The van der Waals surface area contributed by atoms with Crippen LogP contribution in [0, 0.1) is 0 Å². The van der Waals surface area contributed by atoms with E-state index in [9.17, 15) is 13.2 Å².